The molecule has 23 heavy (non-hydrogen) atoms. The molecular weight excluding hydrogens is 320 g/mol. The number of rotatable bonds is 4. The Hall–Kier alpha value is -1.50. The largest absolute Gasteiger partial charge is 0.489 e. The Morgan fingerprint density at radius 3 is 2.91 bits per heavy atom. The van der Waals surface area contributed by atoms with Crippen molar-refractivity contribution in [1.29, 1.82) is 0 Å². The predicted octanol–water partition coefficient (Wildman–Crippen LogP) is 2.76. The van der Waals surface area contributed by atoms with Crippen molar-refractivity contribution in [1.82, 2.24) is 4.90 Å². The zero-order valence-corrected chi connectivity index (χ0v) is 13.7. The minimum absolute atomic E-state index is 0.119. The van der Waals surface area contributed by atoms with Crippen molar-refractivity contribution in [2.75, 3.05) is 44.8 Å². The molecule has 1 atom stereocenters. The van der Waals surface area contributed by atoms with Gasteiger partial charge in [0.05, 0.1) is 25.0 Å². The van der Waals surface area contributed by atoms with Gasteiger partial charge in [-0.05, 0) is 31.0 Å². The number of nitrogens with zero attached hydrogens (tertiary/aromatic N) is 1. The first kappa shape index (κ1) is 16.4. The van der Waals surface area contributed by atoms with E-state index in [4.69, 9.17) is 25.8 Å². The second-order valence-electron chi connectivity index (χ2n) is 5.62. The molecule has 2 heterocycles. The number of halogens is 1. The van der Waals surface area contributed by atoms with E-state index in [0.717, 1.165) is 19.4 Å². The van der Waals surface area contributed by atoms with E-state index in [0.29, 0.717) is 49.4 Å². The Kier molecular flexibility index (Phi) is 5.59. The van der Waals surface area contributed by atoms with E-state index in [1.54, 1.807) is 23.1 Å². The van der Waals surface area contributed by atoms with Gasteiger partial charge in [0.2, 0.25) is 0 Å². The molecule has 6 nitrogen and oxygen atoms in total. The molecular formula is C16H21ClN2O4. The highest BCUT2D eigenvalue weighted by molar-refractivity contribution is 6.31. The molecule has 0 bridgehead atoms. The molecule has 3 rings (SSSR count). The van der Waals surface area contributed by atoms with Crippen LogP contribution in [0.3, 0.4) is 0 Å². The van der Waals surface area contributed by atoms with Crippen LogP contribution < -0.4 is 10.1 Å². The maximum absolute atomic E-state index is 12.3. The summed E-state index contributed by atoms with van der Waals surface area (Å²) in [6.45, 7) is 3.55. The summed E-state index contributed by atoms with van der Waals surface area (Å²) in [5.41, 5.74) is 0.576. The van der Waals surface area contributed by atoms with Crippen molar-refractivity contribution in [3.8, 4) is 5.75 Å². The van der Waals surface area contributed by atoms with Gasteiger partial charge in [-0.25, -0.2) is 4.79 Å². The number of benzene rings is 1. The SMILES string of the molecule is O=C(Nc1cc(Cl)ccc1OC[C@H]1CCCO1)N1CCOCC1. The average molecular weight is 341 g/mol. The van der Waals surface area contributed by atoms with Crippen molar-refractivity contribution in [3.05, 3.63) is 23.2 Å². The maximum Gasteiger partial charge on any atom is 0.322 e. The van der Waals surface area contributed by atoms with Crippen molar-refractivity contribution in [2.45, 2.75) is 18.9 Å². The van der Waals surface area contributed by atoms with Crippen molar-refractivity contribution in [3.63, 3.8) is 0 Å². The van der Waals surface area contributed by atoms with Gasteiger partial charge in [-0.2, -0.15) is 0 Å². The van der Waals surface area contributed by atoms with Crippen LogP contribution in [0.25, 0.3) is 0 Å². The highest BCUT2D eigenvalue weighted by atomic mass is 35.5. The topological polar surface area (TPSA) is 60.0 Å². The summed E-state index contributed by atoms with van der Waals surface area (Å²) in [5, 5.41) is 3.43. The quantitative estimate of drug-likeness (QED) is 0.915. The van der Waals surface area contributed by atoms with Crippen LogP contribution in [0.4, 0.5) is 10.5 Å². The molecule has 7 heteroatoms. The molecule has 0 unspecified atom stereocenters. The van der Waals surface area contributed by atoms with Crippen LogP contribution in [0.15, 0.2) is 18.2 Å². The Labute approximate surface area is 140 Å². The fourth-order valence-electron chi connectivity index (χ4n) is 2.64. The number of amides is 2. The van der Waals surface area contributed by atoms with Crippen molar-refractivity contribution < 1.29 is 19.0 Å². The molecule has 0 aliphatic carbocycles. The molecule has 0 spiro atoms. The van der Waals surface area contributed by atoms with Crippen LogP contribution in [-0.4, -0.2) is 56.6 Å². The van der Waals surface area contributed by atoms with Crippen molar-refractivity contribution >= 4 is 23.3 Å². The van der Waals surface area contributed by atoms with Crippen LogP contribution in [0.1, 0.15) is 12.8 Å². The van der Waals surface area contributed by atoms with E-state index < -0.39 is 0 Å². The third-order valence-corrected chi connectivity index (χ3v) is 4.17. The van der Waals surface area contributed by atoms with E-state index in [1.807, 2.05) is 0 Å². The summed E-state index contributed by atoms with van der Waals surface area (Å²) in [5.74, 6) is 0.603. The van der Waals surface area contributed by atoms with Gasteiger partial charge in [0.1, 0.15) is 12.4 Å². The molecule has 2 amide bonds. The molecule has 1 aromatic carbocycles. The lowest BCUT2D eigenvalue weighted by Crippen LogP contribution is -2.43. The Morgan fingerprint density at radius 1 is 1.35 bits per heavy atom. The summed E-state index contributed by atoms with van der Waals surface area (Å²) in [6.07, 6.45) is 2.19. The number of urea groups is 1. The average Bonchev–Trinajstić information content (AvgIpc) is 3.08. The minimum atomic E-state index is -0.169. The first-order valence-electron chi connectivity index (χ1n) is 7.90. The highest BCUT2D eigenvalue weighted by Crippen LogP contribution is 2.29. The second kappa shape index (κ2) is 7.86. The number of hydrogen-bond donors (Lipinski definition) is 1. The van der Waals surface area contributed by atoms with E-state index in [1.165, 1.54) is 0 Å². The van der Waals surface area contributed by atoms with Crippen LogP contribution in [0.2, 0.25) is 5.02 Å². The van der Waals surface area contributed by atoms with E-state index in [2.05, 4.69) is 5.32 Å². The first-order chi connectivity index (χ1) is 11.2. The third kappa shape index (κ3) is 4.50. The minimum Gasteiger partial charge on any atom is -0.489 e. The number of anilines is 1. The van der Waals surface area contributed by atoms with Gasteiger partial charge >= 0.3 is 6.03 Å². The molecule has 2 aliphatic heterocycles. The van der Waals surface area contributed by atoms with Gasteiger partial charge in [-0.3, -0.25) is 0 Å². The fraction of sp³-hybridized carbons (Fsp3) is 0.562. The molecule has 0 saturated carbocycles. The number of nitrogens with one attached hydrogen (secondary N) is 1. The van der Waals surface area contributed by atoms with Crippen LogP contribution >= 0.6 is 11.6 Å². The van der Waals surface area contributed by atoms with Gasteiger partial charge in [0.15, 0.2) is 0 Å². The standard InChI is InChI=1S/C16H21ClN2O4/c17-12-3-4-15(23-11-13-2-1-7-22-13)14(10-12)18-16(20)19-5-8-21-9-6-19/h3-4,10,13H,1-2,5-9,11H2,(H,18,20)/t13-/m1/s1. The Morgan fingerprint density at radius 2 is 2.17 bits per heavy atom. The third-order valence-electron chi connectivity index (χ3n) is 3.93. The van der Waals surface area contributed by atoms with Crippen LogP contribution in [0.5, 0.6) is 5.75 Å². The lowest BCUT2D eigenvalue weighted by atomic mass is 10.2. The van der Waals surface area contributed by atoms with Gasteiger partial charge in [0, 0.05) is 24.7 Å². The Bertz CT molecular complexity index is 543. The molecule has 2 fully saturated rings. The monoisotopic (exact) mass is 340 g/mol. The molecule has 2 saturated heterocycles. The Balaban J connectivity index is 1.64. The van der Waals surface area contributed by atoms with Gasteiger partial charge in [-0.15, -0.1) is 0 Å². The van der Waals surface area contributed by atoms with E-state index in [9.17, 15) is 4.79 Å². The summed E-state index contributed by atoms with van der Waals surface area (Å²) in [4.78, 5) is 14.0. The number of carbonyl (C=O) groups excluding carboxylic acids is 1. The van der Waals surface area contributed by atoms with E-state index in [-0.39, 0.29) is 12.1 Å². The fourth-order valence-corrected chi connectivity index (χ4v) is 2.82. The van der Waals surface area contributed by atoms with Crippen molar-refractivity contribution in [2.24, 2.45) is 0 Å². The van der Waals surface area contributed by atoms with Gasteiger partial charge in [-0.1, -0.05) is 11.6 Å². The number of morpholine rings is 1. The summed E-state index contributed by atoms with van der Waals surface area (Å²) in [7, 11) is 0. The summed E-state index contributed by atoms with van der Waals surface area (Å²) in [6, 6.07) is 5.05. The molecule has 1 aromatic rings. The lowest BCUT2D eigenvalue weighted by molar-refractivity contribution is 0.0564. The van der Waals surface area contributed by atoms with Crippen LogP contribution in [-0.2, 0) is 9.47 Å². The first-order valence-corrected chi connectivity index (χ1v) is 8.28. The number of ether oxygens (including phenoxy) is 3. The zero-order chi connectivity index (χ0) is 16.1. The molecule has 0 aromatic heterocycles. The molecule has 126 valence electrons. The molecule has 0 radical (unpaired) electrons. The molecule has 2 aliphatic rings. The van der Waals surface area contributed by atoms with E-state index >= 15 is 0 Å². The maximum atomic E-state index is 12.3. The number of carbonyl (C=O) groups is 1. The highest BCUT2D eigenvalue weighted by Gasteiger charge is 2.20. The lowest BCUT2D eigenvalue weighted by Gasteiger charge is -2.27. The van der Waals surface area contributed by atoms with Gasteiger partial charge in [0.25, 0.3) is 0 Å². The normalized spacial score (nSPS) is 21.3. The molecule has 1 N–H and O–H groups in total. The predicted molar refractivity (Wildman–Crippen MR) is 87.3 cm³/mol. The summed E-state index contributed by atoms with van der Waals surface area (Å²) < 4.78 is 16.6. The van der Waals surface area contributed by atoms with Crippen LogP contribution in [0, 0.1) is 0 Å². The second-order valence-corrected chi connectivity index (χ2v) is 6.05. The summed E-state index contributed by atoms with van der Waals surface area (Å²) >= 11 is 6.05. The zero-order valence-electron chi connectivity index (χ0n) is 12.9. The smallest absolute Gasteiger partial charge is 0.322 e. The van der Waals surface area contributed by atoms with Gasteiger partial charge < -0.3 is 24.4 Å². The number of hydrogen-bond acceptors (Lipinski definition) is 4.